The van der Waals surface area contributed by atoms with Crippen molar-refractivity contribution < 1.29 is 4.74 Å². The van der Waals surface area contributed by atoms with Gasteiger partial charge in [-0.15, -0.1) is 10.2 Å². The number of piperidine rings is 1. The van der Waals surface area contributed by atoms with Crippen molar-refractivity contribution >= 4 is 5.96 Å². The third-order valence-corrected chi connectivity index (χ3v) is 6.22. The monoisotopic (exact) mass is 441 g/mol. The molecule has 8 heteroatoms. The van der Waals surface area contributed by atoms with Crippen LogP contribution in [0.5, 0.6) is 0 Å². The first-order chi connectivity index (χ1) is 15.6. The second kappa shape index (κ2) is 12.6. The lowest BCUT2D eigenvalue weighted by atomic mass is 10.0. The molecule has 1 aromatic carbocycles. The Morgan fingerprint density at radius 1 is 1.22 bits per heavy atom. The average Bonchev–Trinajstić information content (AvgIpc) is 3.15. The summed E-state index contributed by atoms with van der Waals surface area (Å²) in [6, 6.07) is 11.6. The van der Waals surface area contributed by atoms with Crippen molar-refractivity contribution in [3.05, 3.63) is 47.5 Å². The number of likely N-dealkylation sites (tertiary alicyclic amines) is 1. The normalized spacial score (nSPS) is 16.8. The molecule has 1 aliphatic heterocycles. The third-order valence-electron chi connectivity index (χ3n) is 6.22. The molecule has 2 N–H and O–H groups in total. The molecule has 3 rings (SSSR count). The Hall–Kier alpha value is -2.45. The standard InChI is InChI=1S/C24H39N7O/c1-5-32-17-9-14-25-24(26-18-23-29-28-20(3)30(23)4)27-22-12-15-31(16-13-22)19(2)21-10-7-6-8-11-21/h6-8,10-11,19,22H,5,9,12-18H2,1-4H3,(H2,25,26,27). The highest BCUT2D eigenvalue weighted by molar-refractivity contribution is 5.80. The molecule has 0 aliphatic carbocycles. The Kier molecular flexibility index (Phi) is 9.49. The van der Waals surface area contributed by atoms with Gasteiger partial charge in [-0.2, -0.15) is 0 Å². The molecule has 32 heavy (non-hydrogen) atoms. The Morgan fingerprint density at radius 3 is 2.62 bits per heavy atom. The van der Waals surface area contributed by atoms with Gasteiger partial charge in [-0.3, -0.25) is 4.90 Å². The summed E-state index contributed by atoms with van der Waals surface area (Å²) in [5.41, 5.74) is 1.39. The van der Waals surface area contributed by atoms with Crippen molar-refractivity contribution in [3.8, 4) is 0 Å². The summed E-state index contributed by atoms with van der Waals surface area (Å²) in [5, 5.41) is 15.5. The van der Waals surface area contributed by atoms with Crippen LogP contribution in [0.1, 0.15) is 56.4 Å². The fourth-order valence-electron chi connectivity index (χ4n) is 3.98. The summed E-state index contributed by atoms with van der Waals surface area (Å²) in [6.45, 7) is 11.3. The van der Waals surface area contributed by atoms with Gasteiger partial charge in [0.2, 0.25) is 0 Å². The topological polar surface area (TPSA) is 79.6 Å². The predicted molar refractivity (Wildman–Crippen MR) is 129 cm³/mol. The van der Waals surface area contributed by atoms with E-state index in [1.807, 2.05) is 25.5 Å². The van der Waals surface area contributed by atoms with Crippen LogP contribution in [0.3, 0.4) is 0 Å². The second-order valence-corrected chi connectivity index (χ2v) is 8.41. The number of nitrogens with one attached hydrogen (secondary N) is 2. The molecule has 1 saturated heterocycles. The van der Waals surface area contributed by atoms with E-state index in [1.54, 1.807) is 0 Å². The second-order valence-electron chi connectivity index (χ2n) is 8.41. The van der Waals surface area contributed by atoms with Gasteiger partial charge in [0.15, 0.2) is 11.8 Å². The molecule has 0 radical (unpaired) electrons. The van der Waals surface area contributed by atoms with E-state index >= 15 is 0 Å². The first-order valence-corrected chi connectivity index (χ1v) is 11.8. The molecule has 1 fully saturated rings. The Morgan fingerprint density at radius 2 is 1.97 bits per heavy atom. The molecular weight excluding hydrogens is 402 g/mol. The number of rotatable bonds is 10. The zero-order valence-corrected chi connectivity index (χ0v) is 20.0. The highest BCUT2D eigenvalue weighted by Gasteiger charge is 2.24. The number of ether oxygens (including phenoxy) is 1. The first-order valence-electron chi connectivity index (χ1n) is 11.8. The molecule has 0 spiro atoms. The van der Waals surface area contributed by atoms with E-state index in [2.05, 4.69) is 63.0 Å². The van der Waals surface area contributed by atoms with Crippen LogP contribution < -0.4 is 10.6 Å². The molecule has 176 valence electrons. The van der Waals surface area contributed by atoms with Crippen molar-refractivity contribution in [3.63, 3.8) is 0 Å². The van der Waals surface area contributed by atoms with Crippen LogP contribution in [0, 0.1) is 6.92 Å². The summed E-state index contributed by atoms with van der Waals surface area (Å²) in [5.74, 6) is 2.61. The van der Waals surface area contributed by atoms with Gasteiger partial charge in [-0.05, 0) is 45.6 Å². The Balaban J connectivity index is 1.54. The van der Waals surface area contributed by atoms with Gasteiger partial charge < -0.3 is 19.9 Å². The Labute approximate surface area is 192 Å². The van der Waals surface area contributed by atoms with Crippen molar-refractivity contribution in [2.45, 2.75) is 58.7 Å². The van der Waals surface area contributed by atoms with Crippen LogP contribution in [0.2, 0.25) is 0 Å². The minimum Gasteiger partial charge on any atom is -0.382 e. The van der Waals surface area contributed by atoms with E-state index in [-0.39, 0.29) is 0 Å². The SMILES string of the molecule is CCOCCCNC(=NCc1nnc(C)n1C)NC1CCN(C(C)c2ccccc2)CC1. The van der Waals surface area contributed by atoms with E-state index in [0.717, 1.165) is 69.7 Å². The van der Waals surface area contributed by atoms with Crippen LogP contribution in [-0.4, -0.2) is 64.5 Å². The van der Waals surface area contributed by atoms with Gasteiger partial charge in [0, 0.05) is 52.0 Å². The van der Waals surface area contributed by atoms with Crippen molar-refractivity contribution in [2.75, 3.05) is 32.8 Å². The molecule has 8 nitrogen and oxygen atoms in total. The number of benzene rings is 1. The van der Waals surface area contributed by atoms with E-state index in [0.29, 0.717) is 18.6 Å². The van der Waals surface area contributed by atoms with E-state index in [9.17, 15) is 0 Å². The van der Waals surface area contributed by atoms with Gasteiger partial charge in [-0.1, -0.05) is 30.3 Å². The molecular formula is C24H39N7O. The average molecular weight is 442 g/mol. The van der Waals surface area contributed by atoms with Crippen molar-refractivity contribution in [2.24, 2.45) is 12.0 Å². The first kappa shape index (κ1) is 24.2. The Bertz CT molecular complexity index is 828. The number of hydrogen-bond acceptors (Lipinski definition) is 5. The summed E-state index contributed by atoms with van der Waals surface area (Å²) in [6.07, 6.45) is 3.14. The maximum atomic E-state index is 5.46. The molecule has 0 saturated carbocycles. The summed E-state index contributed by atoms with van der Waals surface area (Å²) >= 11 is 0. The van der Waals surface area contributed by atoms with Gasteiger partial charge in [0.25, 0.3) is 0 Å². The van der Waals surface area contributed by atoms with Gasteiger partial charge in [0.1, 0.15) is 12.4 Å². The molecule has 1 aromatic heterocycles. The molecule has 1 unspecified atom stereocenters. The summed E-state index contributed by atoms with van der Waals surface area (Å²) < 4.78 is 7.44. The highest BCUT2D eigenvalue weighted by Crippen LogP contribution is 2.24. The summed E-state index contributed by atoms with van der Waals surface area (Å²) in [7, 11) is 1.98. The lowest BCUT2D eigenvalue weighted by Crippen LogP contribution is -2.49. The molecule has 1 aliphatic rings. The van der Waals surface area contributed by atoms with Crippen LogP contribution >= 0.6 is 0 Å². The molecule has 2 aromatic rings. The minimum absolute atomic E-state index is 0.411. The van der Waals surface area contributed by atoms with E-state index in [1.165, 1.54) is 5.56 Å². The van der Waals surface area contributed by atoms with Gasteiger partial charge in [0.05, 0.1) is 0 Å². The maximum absolute atomic E-state index is 5.46. The lowest BCUT2D eigenvalue weighted by molar-refractivity contribution is 0.145. The van der Waals surface area contributed by atoms with Crippen molar-refractivity contribution in [1.82, 2.24) is 30.3 Å². The number of hydrogen-bond donors (Lipinski definition) is 2. The zero-order valence-electron chi connectivity index (χ0n) is 20.0. The molecule has 0 bridgehead atoms. The third kappa shape index (κ3) is 7.03. The van der Waals surface area contributed by atoms with Crippen molar-refractivity contribution in [1.29, 1.82) is 0 Å². The fourth-order valence-corrected chi connectivity index (χ4v) is 3.98. The lowest BCUT2D eigenvalue weighted by Gasteiger charge is -2.37. The number of aryl methyl sites for hydroxylation is 1. The quantitative estimate of drug-likeness (QED) is 0.335. The van der Waals surface area contributed by atoms with Gasteiger partial charge in [-0.25, -0.2) is 4.99 Å². The van der Waals surface area contributed by atoms with Crippen LogP contribution in [0.4, 0.5) is 0 Å². The number of guanidine groups is 1. The number of nitrogens with zero attached hydrogens (tertiary/aromatic N) is 5. The summed E-state index contributed by atoms with van der Waals surface area (Å²) in [4.78, 5) is 7.37. The van der Waals surface area contributed by atoms with Crippen LogP contribution in [-0.2, 0) is 18.3 Å². The number of aliphatic imine (C=N–C) groups is 1. The van der Waals surface area contributed by atoms with E-state index in [4.69, 9.17) is 9.73 Å². The molecule has 1 atom stereocenters. The number of aromatic nitrogens is 3. The zero-order chi connectivity index (χ0) is 22.8. The molecule has 2 heterocycles. The van der Waals surface area contributed by atoms with E-state index < -0.39 is 0 Å². The van der Waals surface area contributed by atoms with Gasteiger partial charge >= 0.3 is 0 Å². The largest absolute Gasteiger partial charge is 0.382 e. The fraction of sp³-hybridized carbons (Fsp3) is 0.625. The van der Waals surface area contributed by atoms with Crippen LogP contribution in [0.15, 0.2) is 35.3 Å². The smallest absolute Gasteiger partial charge is 0.191 e. The maximum Gasteiger partial charge on any atom is 0.191 e. The highest BCUT2D eigenvalue weighted by atomic mass is 16.5. The minimum atomic E-state index is 0.411. The predicted octanol–water partition coefficient (Wildman–Crippen LogP) is 2.81. The van der Waals surface area contributed by atoms with Crippen LogP contribution in [0.25, 0.3) is 0 Å². The molecule has 0 amide bonds.